The molecular weight excluding hydrogens is 168 g/mol. The zero-order valence-electron chi connectivity index (χ0n) is 7.95. The molecule has 3 heteroatoms. The van der Waals surface area contributed by atoms with Crippen molar-refractivity contribution in [3.05, 3.63) is 11.8 Å². The summed E-state index contributed by atoms with van der Waals surface area (Å²) in [5.74, 6) is 1.00. The van der Waals surface area contributed by atoms with Crippen LogP contribution in [-0.2, 0) is 14.3 Å². The van der Waals surface area contributed by atoms with Crippen LogP contribution in [0.5, 0.6) is 0 Å². The second-order valence-corrected chi connectivity index (χ2v) is 3.77. The van der Waals surface area contributed by atoms with Gasteiger partial charge in [0.15, 0.2) is 5.78 Å². The maximum Gasteiger partial charge on any atom is 0.165 e. The lowest BCUT2D eigenvalue weighted by atomic mass is 9.93. The SMILES string of the molecule is CO/C=C1/C(=O)[C@@H](C)[C@H]2COC[C@@H]12. The molecular formula is C10H14O3. The minimum Gasteiger partial charge on any atom is -0.504 e. The van der Waals surface area contributed by atoms with Gasteiger partial charge in [-0.05, 0) is 0 Å². The standard InChI is InChI=1S/C10H14O3/c1-6-7-4-13-5-8(7)9(3-12-2)10(6)11/h3,6-8H,4-5H2,1-2H3/b9-3+/t6-,7+,8+/m0/s1. The fraction of sp³-hybridized carbons (Fsp3) is 0.700. The Hall–Kier alpha value is -0.830. The molecule has 1 aliphatic carbocycles. The first-order chi connectivity index (χ1) is 6.25. The first-order valence-corrected chi connectivity index (χ1v) is 4.60. The maximum atomic E-state index is 11.7. The Morgan fingerprint density at radius 1 is 1.54 bits per heavy atom. The van der Waals surface area contributed by atoms with Crippen LogP contribution in [0.2, 0.25) is 0 Å². The molecule has 0 aromatic rings. The number of methoxy groups -OCH3 is 1. The molecule has 0 spiro atoms. The summed E-state index contributed by atoms with van der Waals surface area (Å²) in [6, 6.07) is 0. The normalized spacial score (nSPS) is 41.2. The van der Waals surface area contributed by atoms with Crippen LogP contribution >= 0.6 is 0 Å². The van der Waals surface area contributed by atoms with Gasteiger partial charge in [0.1, 0.15) is 0 Å². The van der Waals surface area contributed by atoms with Gasteiger partial charge in [-0.25, -0.2) is 0 Å². The van der Waals surface area contributed by atoms with Crippen molar-refractivity contribution in [2.75, 3.05) is 20.3 Å². The molecule has 13 heavy (non-hydrogen) atoms. The van der Waals surface area contributed by atoms with Crippen molar-refractivity contribution < 1.29 is 14.3 Å². The molecule has 0 radical (unpaired) electrons. The van der Waals surface area contributed by atoms with Gasteiger partial charge in [-0.15, -0.1) is 0 Å². The number of carbonyl (C=O) groups excluding carboxylic acids is 1. The smallest absolute Gasteiger partial charge is 0.165 e. The number of Topliss-reactive ketones (excluding diaryl/α,β-unsaturated/α-hetero) is 1. The number of hydrogen-bond acceptors (Lipinski definition) is 3. The molecule has 3 atom stereocenters. The van der Waals surface area contributed by atoms with Gasteiger partial charge >= 0.3 is 0 Å². The van der Waals surface area contributed by atoms with E-state index in [0.29, 0.717) is 12.5 Å². The van der Waals surface area contributed by atoms with E-state index in [0.717, 1.165) is 12.2 Å². The van der Waals surface area contributed by atoms with Crippen molar-refractivity contribution in [3.8, 4) is 0 Å². The quantitative estimate of drug-likeness (QED) is 0.448. The van der Waals surface area contributed by atoms with Crippen LogP contribution in [-0.4, -0.2) is 26.1 Å². The number of ether oxygens (including phenoxy) is 2. The summed E-state index contributed by atoms with van der Waals surface area (Å²) in [4.78, 5) is 11.7. The zero-order valence-corrected chi connectivity index (χ0v) is 7.95. The average Bonchev–Trinajstić information content (AvgIpc) is 2.66. The van der Waals surface area contributed by atoms with E-state index in [2.05, 4.69) is 0 Å². The van der Waals surface area contributed by atoms with Gasteiger partial charge in [-0.2, -0.15) is 0 Å². The van der Waals surface area contributed by atoms with E-state index in [-0.39, 0.29) is 17.6 Å². The summed E-state index contributed by atoms with van der Waals surface area (Å²) in [7, 11) is 1.58. The Bertz CT molecular complexity index is 257. The Morgan fingerprint density at radius 2 is 2.31 bits per heavy atom. The van der Waals surface area contributed by atoms with E-state index < -0.39 is 0 Å². The highest BCUT2D eigenvalue weighted by Gasteiger charge is 2.47. The molecule has 1 heterocycles. The lowest BCUT2D eigenvalue weighted by Crippen LogP contribution is -2.13. The van der Waals surface area contributed by atoms with Crippen LogP contribution in [0.15, 0.2) is 11.8 Å². The van der Waals surface area contributed by atoms with Crippen LogP contribution in [0.1, 0.15) is 6.92 Å². The van der Waals surface area contributed by atoms with Gasteiger partial charge in [-0.1, -0.05) is 6.92 Å². The highest BCUT2D eigenvalue weighted by molar-refractivity contribution is 6.00. The van der Waals surface area contributed by atoms with Crippen molar-refractivity contribution in [1.29, 1.82) is 0 Å². The van der Waals surface area contributed by atoms with Crippen molar-refractivity contribution in [1.82, 2.24) is 0 Å². The van der Waals surface area contributed by atoms with Crippen LogP contribution in [0.25, 0.3) is 0 Å². The molecule has 0 unspecified atom stereocenters. The van der Waals surface area contributed by atoms with Crippen molar-refractivity contribution in [2.45, 2.75) is 6.92 Å². The molecule has 2 fully saturated rings. The van der Waals surface area contributed by atoms with Gasteiger partial charge in [0.25, 0.3) is 0 Å². The van der Waals surface area contributed by atoms with Crippen molar-refractivity contribution in [2.24, 2.45) is 17.8 Å². The summed E-state index contributed by atoms with van der Waals surface area (Å²) < 4.78 is 10.3. The molecule has 1 aliphatic heterocycles. The monoisotopic (exact) mass is 182 g/mol. The Balaban J connectivity index is 2.28. The molecule has 3 nitrogen and oxygen atoms in total. The second kappa shape index (κ2) is 3.14. The predicted molar refractivity (Wildman–Crippen MR) is 47.1 cm³/mol. The Morgan fingerprint density at radius 3 is 3.00 bits per heavy atom. The van der Waals surface area contributed by atoms with E-state index in [1.54, 1.807) is 13.4 Å². The van der Waals surface area contributed by atoms with Crippen molar-refractivity contribution in [3.63, 3.8) is 0 Å². The number of rotatable bonds is 1. The number of carbonyl (C=O) groups is 1. The van der Waals surface area contributed by atoms with Crippen molar-refractivity contribution >= 4 is 5.78 Å². The first-order valence-electron chi connectivity index (χ1n) is 4.60. The van der Waals surface area contributed by atoms with Gasteiger partial charge < -0.3 is 9.47 Å². The highest BCUT2D eigenvalue weighted by atomic mass is 16.5. The van der Waals surface area contributed by atoms with Crippen LogP contribution < -0.4 is 0 Å². The van der Waals surface area contributed by atoms with E-state index in [4.69, 9.17) is 9.47 Å². The van der Waals surface area contributed by atoms with E-state index in [1.165, 1.54) is 0 Å². The van der Waals surface area contributed by atoms with Gasteiger partial charge in [0.2, 0.25) is 0 Å². The van der Waals surface area contributed by atoms with Crippen LogP contribution in [0.3, 0.4) is 0 Å². The number of fused-ring (bicyclic) bond motifs is 1. The lowest BCUT2D eigenvalue weighted by Gasteiger charge is -2.07. The second-order valence-electron chi connectivity index (χ2n) is 3.77. The molecule has 0 aromatic heterocycles. The molecule has 0 aromatic carbocycles. The molecule has 0 N–H and O–H groups in total. The lowest BCUT2D eigenvalue weighted by molar-refractivity contribution is -0.118. The van der Waals surface area contributed by atoms with Crippen LogP contribution in [0.4, 0.5) is 0 Å². The molecule has 2 aliphatic rings. The molecule has 1 saturated carbocycles. The molecule has 0 amide bonds. The maximum absolute atomic E-state index is 11.7. The number of ketones is 1. The van der Waals surface area contributed by atoms with Gasteiger partial charge in [0.05, 0.1) is 26.6 Å². The fourth-order valence-electron chi connectivity index (χ4n) is 2.30. The summed E-state index contributed by atoms with van der Waals surface area (Å²) in [6.45, 7) is 3.37. The molecule has 72 valence electrons. The first kappa shape index (κ1) is 8.75. The van der Waals surface area contributed by atoms with Gasteiger partial charge in [-0.3, -0.25) is 4.79 Å². The Labute approximate surface area is 77.7 Å². The predicted octanol–water partition coefficient (Wildman–Crippen LogP) is 0.998. The third-order valence-electron chi connectivity index (χ3n) is 3.11. The minimum absolute atomic E-state index is 0.105. The molecule has 1 saturated heterocycles. The summed E-state index contributed by atoms with van der Waals surface area (Å²) in [5, 5.41) is 0. The van der Waals surface area contributed by atoms with Crippen LogP contribution in [0, 0.1) is 17.8 Å². The van der Waals surface area contributed by atoms with E-state index in [9.17, 15) is 4.79 Å². The highest BCUT2D eigenvalue weighted by Crippen LogP contribution is 2.42. The third-order valence-corrected chi connectivity index (χ3v) is 3.11. The van der Waals surface area contributed by atoms with Gasteiger partial charge in [0, 0.05) is 23.3 Å². The topological polar surface area (TPSA) is 35.5 Å². The zero-order chi connectivity index (χ0) is 9.42. The van der Waals surface area contributed by atoms with E-state index in [1.807, 2.05) is 6.92 Å². The summed E-state index contributed by atoms with van der Waals surface area (Å²) in [6.07, 6.45) is 1.58. The average molecular weight is 182 g/mol. The number of hydrogen-bond donors (Lipinski definition) is 0. The molecule has 0 bridgehead atoms. The summed E-state index contributed by atoms with van der Waals surface area (Å²) >= 11 is 0. The van der Waals surface area contributed by atoms with E-state index >= 15 is 0 Å². The third kappa shape index (κ3) is 1.18. The fourth-order valence-corrected chi connectivity index (χ4v) is 2.30. The molecule has 2 rings (SSSR count). The minimum atomic E-state index is 0.105. The Kier molecular flexibility index (Phi) is 2.12. The largest absolute Gasteiger partial charge is 0.504 e. The summed E-state index contributed by atoms with van der Waals surface area (Å²) in [5.41, 5.74) is 0.817.